The van der Waals surface area contributed by atoms with Gasteiger partial charge in [0.25, 0.3) is 0 Å². The maximum atomic E-state index is 3.47. The predicted octanol–water partition coefficient (Wildman–Crippen LogP) is 3.29. The second-order valence-corrected chi connectivity index (χ2v) is 5.17. The van der Waals surface area contributed by atoms with Crippen molar-refractivity contribution in [3.05, 3.63) is 35.9 Å². The van der Waals surface area contributed by atoms with Crippen LogP contribution < -0.4 is 5.32 Å². The Kier molecular flexibility index (Phi) is 7.70. The lowest BCUT2D eigenvalue weighted by Gasteiger charge is -2.20. The van der Waals surface area contributed by atoms with Gasteiger partial charge in [-0.25, -0.2) is 0 Å². The van der Waals surface area contributed by atoms with E-state index in [1.54, 1.807) is 0 Å². The van der Waals surface area contributed by atoms with Gasteiger partial charge in [0, 0.05) is 12.6 Å². The van der Waals surface area contributed by atoms with E-state index >= 15 is 0 Å². The lowest BCUT2D eigenvalue weighted by molar-refractivity contribution is 0.273. The van der Waals surface area contributed by atoms with Crippen LogP contribution in [0.5, 0.6) is 0 Å². The molecule has 0 unspecified atom stereocenters. The predicted molar refractivity (Wildman–Crippen MR) is 79.8 cm³/mol. The molecule has 0 aliphatic rings. The van der Waals surface area contributed by atoms with Gasteiger partial charge in [-0.1, -0.05) is 51.1 Å². The summed E-state index contributed by atoms with van der Waals surface area (Å²) in [7, 11) is 0. The monoisotopic (exact) mass is 248 g/mol. The number of hydrogen-bond donors (Lipinski definition) is 1. The molecule has 0 amide bonds. The Morgan fingerprint density at radius 2 is 1.83 bits per heavy atom. The molecule has 0 radical (unpaired) electrons. The summed E-state index contributed by atoms with van der Waals surface area (Å²) in [5, 5.41) is 3.47. The number of nitrogens with zero attached hydrogens (tertiary/aromatic N) is 1. The second kappa shape index (κ2) is 9.12. The SMILES string of the molecule is CCN(CCCCNC(C)C)Cc1ccccc1. The second-order valence-electron chi connectivity index (χ2n) is 5.17. The standard InChI is InChI=1S/C16H28N2/c1-4-18(13-9-8-12-17-15(2)3)14-16-10-6-5-7-11-16/h5-7,10-11,15,17H,4,8-9,12-14H2,1-3H3. The smallest absolute Gasteiger partial charge is 0.0233 e. The summed E-state index contributed by atoms with van der Waals surface area (Å²) in [5.74, 6) is 0. The van der Waals surface area contributed by atoms with Gasteiger partial charge in [0.1, 0.15) is 0 Å². The number of hydrogen-bond acceptors (Lipinski definition) is 2. The summed E-state index contributed by atoms with van der Waals surface area (Å²) in [4.78, 5) is 2.52. The van der Waals surface area contributed by atoms with Gasteiger partial charge in [0.2, 0.25) is 0 Å². The van der Waals surface area contributed by atoms with E-state index in [4.69, 9.17) is 0 Å². The molecule has 0 atom stereocenters. The van der Waals surface area contributed by atoms with Crippen LogP contribution >= 0.6 is 0 Å². The Bertz CT molecular complexity index is 295. The molecule has 2 heteroatoms. The maximum Gasteiger partial charge on any atom is 0.0233 e. The Balaban J connectivity index is 2.18. The van der Waals surface area contributed by atoms with Crippen LogP contribution in [0.1, 0.15) is 39.2 Å². The first-order valence-electron chi connectivity index (χ1n) is 7.22. The van der Waals surface area contributed by atoms with E-state index in [0.29, 0.717) is 6.04 Å². The molecule has 0 aliphatic carbocycles. The van der Waals surface area contributed by atoms with Crippen molar-refractivity contribution in [1.29, 1.82) is 0 Å². The van der Waals surface area contributed by atoms with E-state index < -0.39 is 0 Å². The summed E-state index contributed by atoms with van der Waals surface area (Å²) in [6.07, 6.45) is 2.55. The minimum atomic E-state index is 0.608. The van der Waals surface area contributed by atoms with Crippen molar-refractivity contribution in [2.24, 2.45) is 0 Å². The number of nitrogens with one attached hydrogen (secondary N) is 1. The van der Waals surface area contributed by atoms with Crippen molar-refractivity contribution in [3.8, 4) is 0 Å². The molecule has 0 spiro atoms. The van der Waals surface area contributed by atoms with E-state index in [9.17, 15) is 0 Å². The van der Waals surface area contributed by atoms with Gasteiger partial charge in [-0.15, -0.1) is 0 Å². The highest BCUT2D eigenvalue weighted by Gasteiger charge is 2.03. The first kappa shape index (κ1) is 15.2. The molecule has 0 aromatic heterocycles. The summed E-state index contributed by atoms with van der Waals surface area (Å²) < 4.78 is 0. The molecule has 1 aromatic rings. The van der Waals surface area contributed by atoms with Gasteiger partial charge < -0.3 is 5.32 Å². The number of benzene rings is 1. The van der Waals surface area contributed by atoms with Crippen molar-refractivity contribution in [2.75, 3.05) is 19.6 Å². The average Bonchev–Trinajstić information content (AvgIpc) is 2.38. The highest BCUT2D eigenvalue weighted by Crippen LogP contribution is 2.05. The average molecular weight is 248 g/mol. The summed E-state index contributed by atoms with van der Waals surface area (Å²) >= 11 is 0. The Morgan fingerprint density at radius 3 is 2.44 bits per heavy atom. The minimum Gasteiger partial charge on any atom is -0.315 e. The third-order valence-electron chi connectivity index (χ3n) is 3.15. The van der Waals surface area contributed by atoms with E-state index in [2.05, 4.69) is 61.3 Å². The molecule has 0 bridgehead atoms. The van der Waals surface area contributed by atoms with Crippen LogP contribution in [0.2, 0.25) is 0 Å². The van der Waals surface area contributed by atoms with Crippen LogP contribution in [0.3, 0.4) is 0 Å². The molecule has 18 heavy (non-hydrogen) atoms. The fourth-order valence-electron chi connectivity index (χ4n) is 2.04. The van der Waals surface area contributed by atoms with E-state index in [1.807, 2.05) is 0 Å². The lowest BCUT2D eigenvalue weighted by Crippen LogP contribution is -2.27. The van der Waals surface area contributed by atoms with Gasteiger partial charge in [-0.2, -0.15) is 0 Å². The molecule has 0 saturated heterocycles. The number of rotatable bonds is 9. The van der Waals surface area contributed by atoms with Gasteiger partial charge in [-0.3, -0.25) is 4.90 Å². The van der Waals surface area contributed by atoms with Gasteiger partial charge in [0.05, 0.1) is 0 Å². The van der Waals surface area contributed by atoms with Crippen LogP contribution in [0.4, 0.5) is 0 Å². The fraction of sp³-hybridized carbons (Fsp3) is 0.625. The summed E-state index contributed by atoms with van der Waals surface area (Å²) in [6, 6.07) is 11.4. The van der Waals surface area contributed by atoms with Crippen molar-refractivity contribution >= 4 is 0 Å². The Labute approximate surface area is 112 Å². The highest BCUT2D eigenvalue weighted by molar-refractivity contribution is 5.14. The number of unbranched alkanes of at least 4 members (excludes halogenated alkanes) is 1. The van der Waals surface area contributed by atoms with Crippen molar-refractivity contribution in [3.63, 3.8) is 0 Å². The van der Waals surface area contributed by atoms with Gasteiger partial charge in [-0.05, 0) is 38.0 Å². The molecule has 1 aromatic carbocycles. The Hall–Kier alpha value is -0.860. The molecule has 102 valence electrons. The van der Waals surface area contributed by atoms with Gasteiger partial charge in [0.15, 0.2) is 0 Å². The molecule has 0 aliphatic heterocycles. The molecule has 2 nitrogen and oxygen atoms in total. The molecule has 0 saturated carbocycles. The van der Waals surface area contributed by atoms with Crippen LogP contribution in [-0.4, -0.2) is 30.6 Å². The van der Waals surface area contributed by atoms with Gasteiger partial charge >= 0.3 is 0 Å². The zero-order chi connectivity index (χ0) is 13.2. The van der Waals surface area contributed by atoms with E-state index in [1.165, 1.54) is 24.9 Å². The summed E-state index contributed by atoms with van der Waals surface area (Å²) in [5.41, 5.74) is 1.42. The van der Waals surface area contributed by atoms with Crippen LogP contribution in [0.15, 0.2) is 30.3 Å². The molecular weight excluding hydrogens is 220 g/mol. The first-order valence-corrected chi connectivity index (χ1v) is 7.22. The topological polar surface area (TPSA) is 15.3 Å². The van der Waals surface area contributed by atoms with Crippen molar-refractivity contribution in [1.82, 2.24) is 10.2 Å². The molecule has 0 heterocycles. The minimum absolute atomic E-state index is 0.608. The quantitative estimate of drug-likeness (QED) is 0.675. The molecule has 1 N–H and O–H groups in total. The third-order valence-corrected chi connectivity index (χ3v) is 3.15. The van der Waals surface area contributed by atoms with E-state index in [-0.39, 0.29) is 0 Å². The van der Waals surface area contributed by atoms with Crippen LogP contribution in [0.25, 0.3) is 0 Å². The van der Waals surface area contributed by atoms with E-state index in [0.717, 1.165) is 19.6 Å². The first-order chi connectivity index (χ1) is 8.72. The highest BCUT2D eigenvalue weighted by atomic mass is 15.1. The summed E-state index contributed by atoms with van der Waals surface area (Å²) in [6.45, 7) is 11.2. The third kappa shape index (κ3) is 6.77. The molecular formula is C16H28N2. The zero-order valence-electron chi connectivity index (χ0n) is 12.2. The normalized spacial score (nSPS) is 11.4. The van der Waals surface area contributed by atoms with Crippen LogP contribution in [0, 0.1) is 0 Å². The zero-order valence-corrected chi connectivity index (χ0v) is 12.2. The molecule has 1 rings (SSSR count). The Morgan fingerprint density at radius 1 is 1.11 bits per heavy atom. The van der Waals surface area contributed by atoms with Crippen molar-refractivity contribution < 1.29 is 0 Å². The largest absolute Gasteiger partial charge is 0.315 e. The fourth-order valence-corrected chi connectivity index (χ4v) is 2.04. The maximum absolute atomic E-state index is 3.47. The molecule has 0 fully saturated rings. The van der Waals surface area contributed by atoms with Crippen LogP contribution in [-0.2, 0) is 6.54 Å². The lowest BCUT2D eigenvalue weighted by atomic mass is 10.2. The van der Waals surface area contributed by atoms with Crippen molar-refractivity contribution in [2.45, 2.75) is 46.2 Å².